The van der Waals surface area contributed by atoms with Crippen molar-refractivity contribution in [1.29, 1.82) is 0 Å². The summed E-state index contributed by atoms with van der Waals surface area (Å²) in [5, 5.41) is 10.7. The molecule has 0 unspecified atom stereocenters. The highest BCUT2D eigenvalue weighted by molar-refractivity contribution is 5.18. The van der Waals surface area contributed by atoms with Gasteiger partial charge in [0.2, 0.25) is 0 Å². The minimum atomic E-state index is -0.205. The van der Waals surface area contributed by atoms with E-state index in [1.807, 2.05) is 0 Å². The molecule has 1 saturated heterocycles. The van der Waals surface area contributed by atoms with Gasteiger partial charge in [-0.05, 0) is 104 Å². The Labute approximate surface area is 185 Å². The van der Waals surface area contributed by atoms with Gasteiger partial charge in [0.1, 0.15) is 5.60 Å². The standard InChI is InChI=1S/C28H48O2/c1-18(2)7-6-8-19(3)21-10-11-22-20-9-12-24-27(5,23(20)13-15-26(21,22)4)16-14-25(29)28(24)17-30-28/h18-25,29H,6-17H2,1-5H3/t19-,20+,21-,22+,23+,24-,25+,26-,27-,28-/m1/s1. The quantitative estimate of drug-likeness (QED) is 0.497. The third-order valence-electron chi connectivity index (χ3n) is 11.7. The predicted octanol–water partition coefficient (Wildman–Crippen LogP) is 6.85. The van der Waals surface area contributed by atoms with Gasteiger partial charge in [0, 0.05) is 0 Å². The van der Waals surface area contributed by atoms with Crippen molar-refractivity contribution >= 4 is 0 Å². The van der Waals surface area contributed by atoms with Gasteiger partial charge in [-0.25, -0.2) is 0 Å². The number of epoxide rings is 1. The van der Waals surface area contributed by atoms with E-state index in [1.54, 1.807) is 0 Å². The second-order valence-electron chi connectivity index (χ2n) is 13.3. The molecule has 2 nitrogen and oxygen atoms in total. The molecule has 0 aromatic rings. The van der Waals surface area contributed by atoms with Crippen LogP contribution in [0.25, 0.3) is 0 Å². The highest BCUT2D eigenvalue weighted by Gasteiger charge is 2.69. The highest BCUT2D eigenvalue weighted by Crippen LogP contribution is 2.70. The van der Waals surface area contributed by atoms with Crippen LogP contribution in [0.4, 0.5) is 0 Å². The van der Waals surface area contributed by atoms with Crippen molar-refractivity contribution in [2.45, 2.75) is 117 Å². The van der Waals surface area contributed by atoms with E-state index in [0.717, 1.165) is 48.5 Å². The summed E-state index contributed by atoms with van der Waals surface area (Å²) < 4.78 is 6.02. The molecular formula is C28H48O2. The summed E-state index contributed by atoms with van der Waals surface area (Å²) >= 11 is 0. The molecule has 1 N–H and O–H groups in total. The average Bonchev–Trinajstić information content (AvgIpc) is 3.40. The second kappa shape index (κ2) is 7.47. The number of hydrogen-bond donors (Lipinski definition) is 1. The number of aliphatic hydroxyl groups excluding tert-OH is 1. The van der Waals surface area contributed by atoms with Crippen molar-refractivity contribution in [1.82, 2.24) is 0 Å². The first-order valence-corrected chi connectivity index (χ1v) is 13.5. The van der Waals surface area contributed by atoms with Gasteiger partial charge in [0.05, 0.1) is 12.7 Å². The molecule has 1 heterocycles. The first-order chi connectivity index (χ1) is 14.2. The van der Waals surface area contributed by atoms with Gasteiger partial charge in [-0.15, -0.1) is 0 Å². The monoisotopic (exact) mass is 416 g/mol. The molecule has 5 fully saturated rings. The van der Waals surface area contributed by atoms with Gasteiger partial charge in [0.25, 0.3) is 0 Å². The maximum absolute atomic E-state index is 10.7. The Kier molecular flexibility index (Phi) is 5.42. The Morgan fingerprint density at radius 3 is 2.27 bits per heavy atom. The van der Waals surface area contributed by atoms with E-state index < -0.39 is 0 Å². The SMILES string of the molecule is CC(C)CCC[C@@H](C)[C@H]1CC[C@H]2[C@@H]3CC[C@@H]4[C@](C)(CC[C@H](O)[C@@]45CO5)[C@H]3CC[C@]12C. The zero-order valence-electron chi connectivity index (χ0n) is 20.5. The molecule has 0 aromatic carbocycles. The van der Waals surface area contributed by atoms with E-state index in [-0.39, 0.29) is 11.7 Å². The van der Waals surface area contributed by atoms with E-state index in [0.29, 0.717) is 16.7 Å². The molecule has 1 aliphatic heterocycles. The Hall–Kier alpha value is -0.0800. The van der Waals surface area contributed by atoms with Crippen LogP contribution in [0.2, 0.25) is 0 Å². The summed E-state index contributed by atoms with van der Waals surface area (Å²) in [5.41, 5.74) is 0.840. The molecule has 2 heteroatoms. The Balaban J connectivity index is 1.32. The molecule has 0 radical (unpaired) electrons. The van der Waals surface area contributed by atoms with Crippen LogP contribution >= 0.6 is 0 Å². The molecule has 5 aliphatic rings. The first kappa shape index (κ1) is 21.7. The van der Waals surface area contributed by atoms with Crippen LogP contribution in [0.5, 0.6) is 0 Å². The number of rotatable bonds is 5. The van der Waals surface area contributed by atoms with Gasteiger partial charge in [-0.3, -0.25) is 0 Å². The number of aliphatic hydroxyl groups is 1. The zero-order chi connectivity index (χ0) is 21.3. The zero-order valence-corrected chi connectivity index (χ0v) is 20.5. The molecule has 0 amide bonds. The fraction of sp³-hybridized carbons (Fsp3) is 1.00. The lowest BCUT2D eigenvalue weighted by atomic mass is 9.43. The van der Waals surface area contributed by atoms with Crippen LogP contribution in [0, 0.1) is 52.3 Å². The molecule has 0 aromatic heterocycles. The van der Waals surface area contributed by atoms with Crippen molar-refractivity contribution in [2.24, 2.45) is 52.3 Å². The number of fused-ring (bicyclic) bond motifs is 6. The van der Waals surface area contributed by atoms with Crippen LogP contribution in [0.15, 0.2) is 0 Å². The summed E-state index contributed by atoms with van der Waals surface area (Å²) in [6.45, 7) is 13.5. The van der Waals surface area contributed by atoms with Gasteiger partial charge >= 0.3 is 0 Å². The van der Waals surface area contributed by atoms with Gasteiger partial charge in [-0.2, -0.15) is 0 Å². The van der Waals surface area contributed by atoms with Gasteiger partial charge < -0.3 is 9.84 Å². The minimum Gasteiger partial charge on any atom is -0.390 e. The van der Waals surface area contributed by atoms with Crippen molar-refractivity contribution < 1.29 is 9.84 Å². The fourth-order valence-electron chi connectivity index (χ4n) is 10.0. The number of hydrogen-bond acceptors (Lipinski definition) is 2. The van der Waals surface area contributed by atoms with Crippen molar-refractivity contribution in [3.63, 3.8) is 0 Å². The van der Waals surface area contributed by atoms with Gasteiger partial charge in [-0.1, -0.05) is 53.9 Å². The minimum absolute atomic E-state index is 0.151. The smallest absolute Gasteiger partial charge is 0.121 e. The molecule has 10 atom stereocenters. The van der Waals surface area contributed by atoms with E-state index >= 15 is 0 Å². The molecular weight excluding hydrogens is 368 g/mol. The number of ether oxygens (including phenoxy) is 1. The Morgan fingerprint density at radius 1 is 0.867 bits per heavy atom. The maximum atomic E-state index is 10.7. The average molecular weight is 417 g/mol. The Morgan fingerprint density at radius 2 is 1.57 bits per heavy atom. The normalized spacial score (nSPS) is 53.3. The molecule has 30 heavy (non-hydrogen) atoms. The summed E-state index contributed by atoms with van der Waals surface area (Å²) in [7, 11) is 0. The van der Waals surface area contributed by atoms with Crippen molar-refractivity contribution in [3.8, 4) is 0 Å². The molecule has 0 bridgehead atoms. The lowest BCUT2D eigenvalue weighted by Gasteiger charge is -2.62. The lowest BCUT2D eigenvalue weighted by Crippen LogP contribution is -2.59. The van der Waals surface area contributed by atoms with Gasteiger partial charge in [0.15, 0.2) is 0 Å². The van der Waals surface area contributed by atoms with Crippen LogP contribution in [-0.4, -0.2) is 23.4 Å². The second-order valence-corrected chi connectivity index (χ2v) is 13.3. The van der Waals surface area contributed by atoms with Crippen molar-refractivity contribution in [3.05, 3.63) is 0 Å². The summed E-state index contributed by atoms with van der Waals surface area (Å²) in [5.74, 6) is 6.06. The van der Waals surface area contributed by atoms with Crippen LogP contribution in [0.3, 0.4) is 0 Å². The van der Waals surface area contributed by atoms with E-state index in [1.165, 1.54) is 64.2 Å². The summed E-state index contributed by atoms with van der Waals surface area (Å²) in [6, 6.07) is 0. The van der Waals surface area contributed by atoms with Crippen LogP contribution < -0.4 is 0 Å². The topological polar surface area (TPSA) is 32.8 Å². The van der Waals surface area contributed by atoms with E-state index in [4.69, 9.17) is 4.74 Å². The molecule has 4 saturated carbocycles. The largest absolute Gasteiger partial charge is 0.390 e. The lowest BCUT2D eigenvalue weighted by molar-refractivity contribution is -0.159. The third kappa shape index (κ3) is 3.09. The molecule has 1 spiro atoms. The molecule has 172 valence electrons. The molecule has 4 aliphatic carbocycles. The van der Waals surface area contributed by atoms with Crippen LogP contribution in [-0.2, 0) is 4.74 Å². The fourth-order valence-corrected chi connectivity index (χ4v) is 10.0. The third-order valence-corrected chi connectivity index (χ3v) is 11.7. The first-order valence-electron chi connectivity index (χ1n) is 13.5. The van der Waals surface area contributed by atoms with Crippen molar-refractivity contribution in [2.75, 3.05) is 6.61 Å². The summed E-state index contributed by atoms with van der Waals surface area (Å²) in [4.78, 5) is 0. The van der Waals surface area contributed by atoms with E-state index in [9.17, 15) is 5.11 Å². The van der Waals surface area contributed by atoms with E-state index in [2.05, 4.69) is 34.6 Å². The summed E-state index contributed by atoms with van der Waals surface area (Å²) in [6.07, 6.45) is 14.8. The molecule has 5 rings (SSSR count). The highest BCUT2D eigenvalue weighted by atomic mass is 16.6. The van der Waals surface area contributed by atoms with Crippen LogP contribution in [0.1, 0.15) is 105 Å². The Bertz CT molecular complexity index is 639. The predicted molar refractivity (Wildman–Crippen MR) is 123 cm³/mol. The maximum Gasteiger partial charge on any atom is 0.121 e.